The number of anilines is 2. The minimum atomic E-state index is -4.46. The van der Waals surface area contributed by atoms with Gasteiger partial charge in [0.15, 0.2) is 4.80 Å². The summed E-state index contributed by atoms with van der Waals surface area (Å²) in [5, 5.41) is 2.74. The molecule has 2 aliphatic heterocycles. The number of thiazole rings is 1. The van der Waals surface area contributed by atoms with Crippen LogP contribution in [0.4, 0.5) is 24.5 Å². The molecule has 0 fully saturated rings. The number of carbonyl (C=O) groups excluding carboxylic acids is 1. The second-order valence-electron chi connectivity index (χ2n) is 6.85. The number of fused-ring (bicyclic) bond motifs is 2. The lowest BCUT2D eigenvalue weighted by molar-refractivity contribution is -0.137. The van der Waals surface area contributed by atoms with Crippen LogP contribution in [0.2, 0.25) is 0 Å². The van der Waals surface area contributed by atoms with Crippen LogP contribution < -0.4 is 25.1 Å². The zero-order valence-corrected chi connectivity index (χ0v) is 16.0. The highest BCUT2D eigenvalue weighted by molar-refractivity contribution is 7.07. The second-order valence-corrected chi connectivity index (χ2v) is 7.83. The van der Waals surface area contributed by atoms with Crippen LogP contribution in [-0.2, 0) is 17.6 Å². The number of nitrogens with zero attached hydrogens (tertiary/aromatic N) is 3. The summed E-state index contributed by atoms with van der Waals surface area (Å²) < 4.78 is 40.8. The third-order valence-corrected chi connectivity index (χ3v) is 6.10. The molecule has 10 heteroatoms. The Bertz CT molecular complexity index is 1370. The molecule has 3 aromatic rings. The lowest BCUT2D eigenvalue weighted by atomic mass is 10.1. The fraction of sp³-hybridized carbons (Fsp3) is 0.150. The van der Waals surface area contributed by atoms with E-state index in [2.05, 4.69) is 10.3 Å². The first-order chi connectivity index (χ1) is 14.3. The lowest BCUT2D eigenvalue weighted by Gasteiger charge is -2.26. The van der Waals surface area contributed by atoms with Gasteiger partial charge in [0, 0.05) is 16.9 Å². The summed E-state index contributed by atoms with van der Waals surface area (Å²) in [5.74, 6) is -0.359. The van der Waals surface area contributed by atoms with Gasteiger partial charge in [0.1, 0.15) is 17.9 Å². The fourth-order valence-corrected chi connectivity index (χ4v) is 4.60. The minimum Gasteiger partial charge on any atom is -0.334 e. The van der Waals surface area contributed by atoms with Gasteiger partial charge in [0.05, 0.1) is 11.1 Å². The number of alkyl halides is 3. The van der Waals surface area contributed by atoms with Gasteiger partial charge in [-0.3, -0.25) is 14.2 Å². The maximum atomic E-state index is 13.1. The normalized spacial score (nSPS) is 17.3. The molecule has 0 saturated carbocycles. The van der Waals surface area contributed by atoms with Gasteiger partial charge in [-0.15, -0.1) is 0 Å². The van der Waals surface area contributed by atoms with Gasteiger partial charge in [-0.05, 0) is 24.3 Å². The van der Waals surface area contributed by atoms with Gasteiger partial charge in [-0.1, -0.05) is 35.6 Å². The van der Waals surface area contributed by atoms with Gasteiger partial charge in [0.2, 0.25) is 0 Å². The number of hydrogen-bond donors (Lipinski definition) is 1. The molecule has 30 heavy (non-hydrogen) atoms. The zero-order valence-electron chi connectivity index (χ0n) is 15.2. The predicted molar refractivity (Wildman–Crippen MR) is 106 cm³/mol. The molecular formula is C20H13F3N4O2S. The van der Waals surface area contributed by atoms with Crippen LogP contribution in [0.1, 0.15) is 11.1 Å². The van der Waals surface area contributed by atoms with E-state index in [0.717, 1.165) is 23.5 Å². The quantitative estimate of drug-likeness (QED) is 0.643. The molecule has 5 rings (SSSR count). The average Bonchev–Trinajstić information content (AvgIpc) is 3.23. The smallest absolute Gasteiger partial charge is 0.334 e. The van der Waals surface area contributed by atoms with E-state index < -0.39 is 17.3 Å². The molecule has 3 heterocycles. The van der Waals surface area contributed by atoms with Crippen LogP contribution >= 0.6 is 11.3 Å². The Kier molecular flexibility index (Phi) is 4.07. The Labute approximate surface area is 171 Å². The number of aromatic nitrogens is 1. The first kappa shape index (κ1) is 18.6. The molecule has 1 amide bonds. The fourth-order valence-electron chi connectivity index (χ4n) is 3.55. The molecule has 0 aliphatic carbocycles. The highest BCUT2D eigenvalue weighted by Crippen LogP contribution is 2.32. The Morgan fingerprint density at radius 3 is 2.67 bits per heavy atom. The monoisotopic (exact) mass is 430 g/mol. The Morgan fingerprint density at radius 1 is 1.07 bits per heavy atom. The van der Waals surface area contributed by atoms with Crippen LogP contribution in [0.25, 0.3) is 5.57 Å². The molecule has 0 spiro atoms. The number of rotatable bonds is 1. The van der Waals surface area contributed by atoms with E-state index in [1.165, 1.54) is 10.6 Å². The van der Waals surface area contributed by atoms with Crippen LogP contribution in [0, 0.1) is 0 Å². The predicted octanol–water partition coefficient (Wildman–Crippen LogP) is 2.13. The summed E-state index contributed by atoms with van der Waals surface area (Å²) in [6.45, 7) is 0.158. The molecule has 0 bridgehead atoms. The number of benzene rings is 2. The Balaban J connectivity index is 1.59. The maximum absolute atomic E-state index is 13.1. The highest BCUT2D eigenvalue weighted by Gasteiger charge is 2.31. The number of amides is 1. The van der Waals surface area contributed by atoms with E-state index in [1.807, 2.05) is 0 Å². The van der Waals surface area contributed by atoms with Crippen molar-refractivity contribution in [1.29, 1.82) is 0 Å². The first-order valence-corrected chi connectivity index (χ1v) is 9.76. The third kappa shape index (κ3) is 2.91. The second kappa shape index (κ2) is 6.56. The number of para-hydroxylation sites is 1. The maximum Gasteiger partial charge on any atom is 0.416 e. The largest absolute Gasteiger partial charge is 0.416 e. The summed E-state index contributed by atoms with van der Waals surface area (Å²) in [5.41, 5.74) is 0.736. The van der Waals surface area contributed by atoms with Crippen molar-refractivity contribution in [3.8, 4) is 0 Å². The van der Waals surface area contributed by atoms with Crippen molar-refractivity contribution in [2.45, 2.75) is 12.8 Å². The summed E-state index contributed by atoms with van der Waals surface area (Å²) in [7, 11) is 0. The summed E-state index contributed by atoms with van der Waals surface area (Å²) in [4.78, 5) is 31.9. The van der Waals surface area contributed by atoms with E-state index in [-0.39, 0.29) is 23.8 Å². The topological polar surface area (TPSA) is 66.7 Å². The molecule has 0 saturated heterocycles. The van der Waals surface area contributed by atoms with E-state index in [9.17, 15) is 22.8 Å². The van der Waals surface area contributed by atoms with Gasteiger partial charge in [-0.25, -0.2) is 4.99 Å². The Morgan fingerprint density at radius 2 is 1.87 bits per heavy atom. The molecule has 152 valence electrons. The molecule has 0 radical (unpaired) electrons. The van der Waals surface area contributed by atoms with Crippen LogP contribution in [0.15, 0.2) is 58.3 Å². The highest BCUT2D eigenvalue weighted by atomic mass is 32.1. The van der Waals surface area contributed by atoms with Crippen molar-refractivity contribution in [3.05, 3.63) is 79.3 Å². The molecular weight excluding hydrogens is 417 g/mol. The molecule has 1 aromatic heterocycles. The standard InChI is InChI=1S/C20H13F3N4O2S/c21-20(22,23)11-4-3-5-12(8-11)26-9-24-19-27(10-26)18(29)16(30-19)15-13-6-1-2-7-14(13)25-17(15)28/h1-8H,9-10H2,(H,25,28). The lowest BCUT2D eigenvalue weighted by Crippen LogP contribution is -2.43. The van der Waals surface area contributed by atoms with Crippen molar-refractivity contribution >= 4 is 34.2 Å². The number of halogens is 3. The zero-order chi connectivity index (χ0) is 21.0. The number of carbonyl (C=O) groups is 1. The molecule has 2 aliphatic rings. The van der Waals surface area contributed by atoms with E-state index in [0.29, 0.717) is 27.3 Å². The minimum absolute atomic E-state index is 0.0476. The van der Waals surface area contributed by atoms with Crippen LogP contribution in [0.3, 0.4) is 0 Å². The van der Waals surface area contributed by atoms with Crippen LogP contribution in [0.5, 0.6) is 0 Å². The SMILES string of the molecule is O=C1Nc2ccccc2C1=c1sc2n(c1=O)CN(c1cccc(C(F)(F)F)c1)CN=2. The van der Waals surface area contributed by atoms with Gasteiger partial charge in [0.25, 0.3) is 11.5 Å². The number of hydrogen-bond acceptors (Lipinski definition) is 5. The van der Waals surface area contributed by atoms with E-state index in [4.69, 9.17) is 0 Å². The Hall–Kier alpha value is -3.40. The van der Waals surface area contributed by atoms with E-state index in [1.54, 1.807) is 35.2 Å². The van der Waals surface area contributed by atoms with E-state index >= 15 is 0 Å². The van der Waals surface area contributed by atoms with Crippen molar-refractivity contribution in [1.82, 2.24) is 4.57 Å². The summed E-state index contributed by atoms with van der Waals surface area (Å²) in [6, 6.07) is 12.0. The van der Waals surface area contributed by atoms with Gasteiger partial charge in [-0.2, -0.15) is 13.2 Å². The molecule has 1 N–H and O–H groups in total. The third-order valence-electron chi connectivity index (χ3n) is 4.99. The van der Waals surface area contributed by atoms with Crippen molar-refractivity contribution in [3.63, 3.8) is 0 Å². The van der Waals surface area contributed by atoms with Crippen molar-refractivity contribution in [2.75, 3.05) is 16.9 Å². The molecule has 2 aromatic carbocycles. The van der Waals surface area contributed by atoms with Crippen molar-refractivity contribution < 1.29 is 18.0 Å². The summed E-state index contributed by atoms with van der Waals surface area (Å²) >= 11 is 1.11. The number of nitrogens with one attached hydrogen (secondary N) is 1. The van der Waals surface area contributed by atoms with Crippen LogP contribution in [-0.4, -0.2) is 17.1 Å². The van der Waals surface area contributed by atoms with Gasteiger partial charge >= 0.3 is 6.18 Å². The molecule has 0 unspecified atom stereocenters. The van der Waals surface area contributed by atoms with Crippen molar-refractivity contribution in [2.24, 2.45) is 4.99 Å². The molecule has 0 atom stereocenters. The molecule has 6 nitrogen and oxygen atoms in total. The summed E-state index contributed by atoms with van der Waals surface area (Å²) in [6.07, 6.45) is -4.46. The first-order valence-electron chi connectivity index (χ1n) is 8.94. The van der Waals surface area contributed by atoms with Gasteiger partial charge < -0.3 is 10.2 Å². The average molecular weight is 430 g/mol.